The molecular weight excluding hydrogens is 271 g/mol. The van der Waals surface area contributed by atoms with Crippen LogP contribution in [0.2, 0.25) is 5.02 Å². The van der Waals surface area contributed by atoms with E-state index in [0.717, 1.165) is 5.56 Å². The number of hydrogen-bond acceptors (Lipinski definition) is 2. The highest BCUT2D eigenvalue weighted by Gasteiger charge is 2.19. The normalized spacial score (nSPS) is 13.7. The predicted octanol–water partition coefficient (Wildman–Crippen LogP) is 2.92. The van der Waals surface area contributed by atoms with Crippen LogP contribution in [0.5, 0.6) is 0 Å². The van der Waals surface area contributed by atoms with E-state index in [1.165, 1.54) is 0 Å². The van der Waals surface area contributed by atoms with Crippen molar-refractivity contribution in [2.75, 3.05) is 0 Å². The average Bonchev–Trinajstić information content (AvgIpc) is 2.28. The lowest BCUT2D eigenvalue weighted by Crippen LogP contribution is -2.44. The molecule has 1 aromatic rings. The summed E-state index contributed by atoms with van der Waals surface area (Å²) in [5.41, 5.74) is 6.79. The second-order valence-electron chi connectivity index (χ2n) is 4.55. The lowest BCUT2D eigenvalue weighted by molar-refractivity contribution is -0.123. The zero-order valence-electron chi connectivity index (χ0n) is 10.8. The largest absolute Gasteiger partial charge is 0.348 e. The van der Waals surface area contributed by atoms with Gasteiger partial charge in [-0.1, -0.05) is 37.6 Å². The second kappa shape index (κ2) is 7.62. The minimum Gasteiger partial charge on any atom is -0.348 e. The van der Waals surface area contributed by atoms with Crippen LogP contribution < -0.4 is 11.1 Å². The molecule has 2 atom stereocenters. The summed E-state index contributed by atoms with van der Waals surface area (Å²) < 4.78 is 0. The summed E-state index contributed by atoms with van der Waals surface area (Å²) in [4.78, 5) is 11.8. The molecule has 0 heterocycles. The van der Waals surface area contributed by atoms with Gasteiger partial charge in [0.05, 0.1) is 12.1 Å². The first kappa shape index (κ1) is 17.2. The van der Waals surface area contributed by atoms with E-state index in [4.69, 9.17) is 17.3 Å². The number of carbonyl (C=O) groups excluding carboxylic acids is 1. The van der Waals surface area contributed by atoms with Gasteiger partial charge in [-0.05, 0) is 30.5 Å². The molecule has 0 bridgehead atoms. The monoisotopic (exact) mass is 290 g/mol. The van der Waals surface area contributed by atoms with Crippen molar-refractivity contribution in [2.24, 2.45) is 11.7 Å². The molecule has 18 heavy (non-hydrogen) atoms. The lowest BCUT2D eigenvalue weighted by Gasteiger charge is -2.20. The molecule has 0 aliphatic rings. The fourth-order valence-corrected chi connectivity index (χ4v) is 1.57. The summed E-state index contributed by atoms with van der Waals surface area (Å²) in [7, 11) is 0. The van der Waals surface area contributed by atoms with Gasteiger partial charge in [0, 0.05) is 5.02 Å². The van der Waals surface area contributed by atoms with Gasteiger partial charge in [-0.2, -0.15) is 0 Å². The summed E-state index contributed by atoms with van der Waals surface area (Å²) >= 11 is 5.81. The van der Waals surface area contributed by atoms with Crippen molar-refractivity contribution in [3.05, 3.63) is 34.9 Å². The van der Waals surface area contributed by atoms with E-state index in [1.54, 1.807) is 0 Å². The van der Waals surface area contributed by atoms with Crippen LogP contribution >= 0.6 is 24.0 Å². The Hall–Kier alpha value is -0.770. The third-order valence-electron chi connectivity index (χ3n) is 2.75. The van der Waals surface area contributed by atoms with Gasteiger partial charge in [0.1, 0.15) is 0 Å². The molecule has 3 N–H and O–H groups in total. The van der Waals surface area contributed by atoms with E-state index in [-0.39, 0.29) is 30.3 Å². The third kappa shape index (κ3) is 4.84. The van der Waals surface area contributed by atoms with Crippen LogP contribution in [0.3, 0.4) is 0 Å². The van der Waals surface area contributed by atoms with Gasteiger partial charge in [-0.15, -0.1) is 12.4 Å². The molecule has 1 amide bonds. The minimum absolute atomic E-state index is 0. The highest BCUT2D eigenvalue weighted by atomic mass is 35.5. The van der Waals surface area contributed by atoms with E-state index in [1.807, 2.05) is 45.0 Å². The zero-order chi connectivity index (χ0) is 13.0. The molecule has 102 valence electrons. The maximum absolute atomic E-state index is 11.8. The van der Waals surface area contributed by atoms with Crippen LogP contribution in [0.15, 0.2) is 24.3 Å². The highest BCUT2D eigenvalue weighted by molar-refractivity contribution is 6.30. The Morgan fingerprint density at radius 1 is 1.22 bits per heavy atom. The summed E-state index contributed by atoms with van der Waals surface area (Å²) in [6.45, 7) is 5.78. The Labute approximate surface area is 119 Å². The van der Waals surface area contributed by atoms with Gasteiger partial charge in [0.25, 0.3) is 0 Å². The Balaban J connectivity index is 0.00000289. The van der Waals surface area contributed by atoms with Crippen molar-refractivity contribution in [1.29, 1.82) is 0 Å². The first-order valence-electron chi connectivity index (χ1n) is 5.73. The van der Waals surface area contributed by atoms with Gasteiger partial charge in [0.15, 0.2) is 0 Å². The Morgan fingerprint density at radius 3 is 2.17 bits per heavy atom. The van der Waals surface area contributed by atoms with E-state index in [9.17, 15) is 4.79 Å². The van der Waals surface area contributed by atoms with Crippen molar-refractivity contribution in [1.82, 2.24) is 5.32 Å². The van der Waals surface area contributed by atoms with E-state index >= 15 is 0 Å². The van der Waals surface area contributed by atoms with Crippen molar-refractivity contribution in [2.45, 2.75) is 32.9 Å². The molecular formula is C13H20Cl2N2O. The number of carbonyl (C=O) groups is 1. The minimum atomic E-state index is -0.468. The summed E-state index contributed by atoms with van der Waals surface area (Å²) in [5.74, 6) is 0.00914. The second-order valence-corrected chi connectivity index (χ2v) is 4.99. The molecule has 0 aromatic heterocycles. The zero-order valence-corrected chi connectivity index (χ0v) is 12.4. The molecule has 1 rings (SSSR count). The van der Waals surface area contributed by atoms with Crippen molar-refractivity contribution >= 4 is 29.9 Å². The summed E-state index contributed by atoms with van der Waals surface area (Å²) in [6.07, 6.45) is 0. The summed E-state index contributed by atoms with van der Waals surface area (Å²) in [5, 5.41) is 3.58. The van der Waals surface area contributed by atoms with Crippen LogP contribution in [0.4, 0.5) is 0 Å². The highest BCUT2D eigenvalue weighted by Crippen LogP contribution is 2.16. The van der Waals surface area contributed by atoms with Crippen LogP contribution in [-0.4, -0.2) is 11.9 Å². The number of benzene rings is 1. The molecule has 0 saturated carbocycles. The molecule has 1 aromatic carbocycles. The molecule has 0 saturated heterocycles. The topological polar surface area (TPSA) is 55.1 Å². The number of amides is 1. The van der Waals surface area contributed by atoms with E-state index < -0.39 is 6.04 Å². The van der Waals surface area contributed by atoms with Gasteiger partial charge in [-0.3, -0.25) is 4.79 Å². The summed E-state index contributed by atoms with van der Waals surface area (Å²) in [6, 6.07) is 6.88. The molecule has 2 unspecified atom stereocenters. The SMILES string of the molecule is CC(NC(=O)C(N)C(C)C)c1ccc(Cl)cc1.Cl. The molecule has 0 radical (unpaired) electrons. The lowest BCUT2D eigenvalue weighted by atomic mass is 10.0. The number of rotatable bonds is 4. The van der Waals surface area contributed by atoms with Gasteiger partial charge >= 0.3 is 0 Å². The molecule has 3 nitrogen and oxygen atoms in total. The predicted molar refractivity (Wildman–Crippen MR) is 78.1 cm³/mol. The smallest absolute Gasteiger partial charge is 0.237 e. The number of nitrogens with two attached hydrogens (primary N) is 1. The Kier molecular flexibility index (Phi) is 7.29. The molecule has 5 heteroatoms. The van der Waals surface area contributed by atoms with Gasteiger partial charge < -0.3 is 11.1 Å². The van der Waals surface area contributed by atoms with E-state index in [0.29, 0.717) is 5.02 Å². The maximum atomic E-state index is 11.8. The van der Waals surface area contributed by atoms with Crippen molar-refractivity contribution in [3.63, 3.8) is 0 Å². The fraction of sp³-hybridized carbons (Fsp3) is 0.462. The van der Waals surface area contributed by atoms with Crippen molar-refractivity contribution in [3.8, 4) is 0 Å². The van der Waals surface area contributed by atoms with Crippen LogP contribution in [-0.2, 0) is 4.79 Å². The first-order valence-corrected chi connectivity index (χ1v) is 6.11. The van der Waals surface area contributed by atoms with Gasteiger partial charge in [0.2, 0.25) is 5.91 Å². The first-order chi connectivity index (χ1) is 7.91. The Morgan fingerprint density at radius 2 is 1.72 bits per heavy atom. The molecule has 0 spiro atoms. The van der Waals surface area contributed by atoms with Crippen molar-refractivity contribution < 1.29 is 4.79 Å². The van der Waals surface area contributed by atoms with E-state index in [2.05, 4.69) is 5.32 Å². The number of halogens is 2. The van der Waals surface area contributed by atoms with Crippen LogP contribution in [0, 0.1) is 5.92 Å². The quantitative estimate of drug-likeness (QED) is 0.896. The molecule has 0 aliphatic carbocycles. The van der Waals surface area contributed by atoms with Crippen LogP contribution in [0.1, 0.15) is 32.4 Å². The average molecular weight is 291 g/mol. The number of hydrogen-bond donors (Lipinski definition) is 2. The third-order valence-corrected chi connectivity index (χ3v) is 3.00. The Bertz CT molecular complexity index is 379. The van der Waals surface area contributed by atoms with Gasteiger partial charge in [-0.25, -0.2) is 0 Å². The molecule has 0 fully saturated rings. The maximum Gasteiger partial charge on any atom is 0.237 e. The number of nitrogens with one attached hydrogen (secondary N) is 1. The standard InChI is InChI=1S/C13H19ClN2O.ClH/c1-8(2)12(15)13(17)16-9(3)10-4-6-11(14)7-5-10;/h4-9,12H,15H2,1-3H3,(H,16,17);1H. The fourth-order valence-electron chi connectivity index (χ4n) is 1.45. The molecule has 0 aliphatic heterocycles. The van der Waals surface area contributed by atoms with Crippen LogP contribution in [0.25, 0.3) is 0 Å².